The Bertz CT molecular complexity index is 768. The molecule has 5 heteroatoms. The van der Waals surface area contributed by atoms with Crippen molar-refractivity contribution in [3.05, 3.63) is 71.8 Å². The Hall–Kier alpha value is -2.66. The van der Waals surface area contributed by atoms with Gasteiger partial charge in [0.15, 0.2) is 0 Å². The second kappa shape index (κ2) is 9.70. The SMILES string of the molecule is CN(C)[C@@H]1CC[C@H](C(=O)O)CN(C(=O)CC(c2ccccc2)c2ccccc2)C1. The second-order valence-electron chi connectivity index (χ2n) is 8.11. The smallest absolute Gasteiger partial charge is 0.308 e. The predicted molar refractivity (Wildman–Crippen MR) is 114 cm³/mol. The van der Waals surface area contributed by atoms with E-state index in [-0.39, 0.29) is 24.4 Å². The van der Waals surface area contributed by atoms with E-state index in [9.17, 15) is 14.7 Å². The zero-order valence-corrected chi connectivity index (χ0v) is 17.2. The minimum Gasteiger partial charge on any atom is -0.481 e. The van der Waals surface area contributed by atoms with Gasteiger partial charge >= 0.3 is 5.97 Å². The van der Waals surface area contributed by atoms with Crippen LogP contribution in [0.2, 0.25) is 0 Å². The maximum atomic E-state index is 13.4. The molecule has 2 aromatic rings. The number of carbonyl (C=O) groups is 2. The van der Waals surface area contributed by atoms with E-state index in [2.05, 4.69) is 29.2 Å². The van der Waals surface area contributed by atoms with Crippen molar-refractivity contribution in [1.29, 1.82) is 0 Å². The third-order valence-corrected chi connectivity index (χ3v) is 5.94. The van der Waals surface area contributed by atoms with E-state index in [1.54, 1.807) is 4.90 Å². The number of nitrogens with zero attached hydrogens (tertiary/aromatic N) is 2. The zero-order chi connectivity index (χ0) is 20.8. The molecule has 1 N–H and O–H groups in total. The molecule has 3 rings (SSSR count). The average molecular weight is 395 g/mol. The number of amides is 1. The summed E-state index contributed by atoms with van der Waals surface area (Å²) in [6.07, 6.45) is 1.72. The molecule has 2 atom stereocenters. The molecule has 0 bridgehead atoms. The summed E-state index contributed by atoms with van der Waals surface area (Å²) in [6.45, 7) is 0.862. The molecule has 1 saturated heterocycles. The number of likely N-dealkylation sites (N-methyl/N-ethyl adjacent to an activating group) is 1. The lowest BCUT2D eigenvalue weighted by molar-refractivity contribution is -0.143. The highest BCUT2D eigenvalue weighted by atomic mass is 16.4. The second-order valence-corrected chi connectivity index (χ2v) is 8.11. The van der Waals surface area contributed by atoms with Crippen LogP contribution < -0.4 is 0 Å². The first kappa shape index (κ1) is 21.1. The van der Waals surface area contributed by atoms with Gasteiger partial charge in [-0.1, -0.05) is 60.7 Å². The quantitative estimate of drug-likeness (QED) is 0.815. The van der Waals surface area contributed by atoms with Gasteiger partial charge in [0, 0.05) is 31.5 Å². The number of carboxylic acids is 1. The molecule has 0 saturated carbocycles. The highest BCUT2D eigenvalue weighted by Crippen LogP contribution is 2.29. The Labute approximate surface area is 172 Å². The summed E-state index contributed by atoms with van der Waals surface area (Å²) >= 11 is 0. The largest absolute Gasteiger partial charge is 0.481 e. The fourth-order valence-corrected chi connectivity index (χ4v) is 4.10. The molecule has 0 aromatic heterocycles. The molecular weight excluding hydrogens is 364 g/mol. The molecule has 5 nitrogen and oxygen atoms in total. The summed E-state index contributed by atoms with van der Waals surface area (Å²) < 4.78 is 0. The van der Waals surface area contributed by atoms with Crippen molar-refractivity contribution in [3.8, 4) is 0 Å². The Balaban J connectivity index is 1.84. The van der Waals surface area contributed by atoms with Crippen LogP contribution in [0.3, 0.4) is 0 Å². The van der Waals surface area contributed by atoms with E-state index in [0.717, 1.165) is 17.5 Å². The molecule has 1 heterocycles. The van der Waals surface area contributed by atoms with Crippen molar-refractivity contribution in [3.63, 3.8) is 0 Å². The van der Waals surface area contributed by atoms with Gasteiger partial charge in [-0.2, -0.15) is 0 Å². The first-order chi connectivity index (χ1) is 14.0. The molecular formula is C24H30N2O3. The van der Waals surface area contributed by atoms with Crippen LogP contribution in [-0.2, 0) is 9.59 Å². The first-order valence-corrected chi connectivity index (χ1v) is 10.2. The summed E-state index contributed by atoms with van der Waals surface area (Å²) in [6, 6.07) is 20.3. The van der Waals surface area contributed by atoms with Gasteiger partial charge in [-0.15, -0.1) is 0 Å². The van der Waals surface area contributed by atoms with E-state index in [4.69, 9.17) is 0 Å². The van der Waals surface area contributed by atoms with Crippen molar-refractivity contribution in [2.75, 3.05) is 27.2 Å². The van der Waals surface area contributed by atoms with E-state index >= 15 is 0 Å². The van der Waals surface area contributed by atoms with Gasteiger partial charge in [-0.25, -0.2) is 0 Å². The molecule has 0 unspecified atom stereocenters. The van der Waals surface area contributed by atoms with E-state index < -0.39 is 11.9 Å². The zero-order valence-electron chi connectivity index (χ0n) is 17.2. The number of likely N-dealkylation sites (tertiary alicyclic amines) is 1. The summed E-state index contributed by atoms with van der Waals surface area (Å²) in [5.74, 6) is -1.35. The Kier molecular flexibility index (Phi) is 7.04. The van der Waals surface area contributed by atoms with Crippen molar-refractivity contribution < 1.29 is 14.7 Å². The average Bonchev–Trinajstić information content (AvgIpc) is 2.97. The van der Waals surface area contributed by atoms with Crippen LogP contribution in [0.15, 0.2) is 60.7 Å². The lowest BCUT2D eigenvalue weighted by Gasteiger charge is -2.30. The van der Waals surface area contributed by atoms with Crippen molar-refractivity contribution in [1.82, 2.24) is 9.80 Å². The fraction of sp³-hybridized carbons (Fsp3) is 0.417. The Morgan fingerprint density at radius 2 is 1.52 bits per heavy atom. The van der Waals surface area contributed by atoms with Gasteiger partial charge in [0.1, 0.15) is 0 Å². The molecule has 154 valence electrons. The van der Waals surface area contributed by atoms with E-state index in [0.29, 0.717) is 19.4 Å². The minimum atomic E-state index is -0.815. The van der Waals surface area contributed by atoms with Crippen LogP contribution in [0.25, 0.3) is 0 Å². The molecule has 0 radical (unpaired) electrons. The molecule has 1 fully saturated rings. The third-order valence-electron chi connectivity index (χ3n) is 5.94. The van der Waals surface area contributed by atoms with Gasteiger partial charge in [0.2, 0.25) is 5.91 Å². The number of aliphatic carboxylic acids is 1. The van der Waals surface area contributed by atoms with Gasteiger partial charge in [-0.05, 0) is 38.1 Å². The normalized spacial score (nSPS) is 19.9. The maximum Gasteiger partial charge on any atom is 0.308 e. The van der Waals surface area contributed by atoms with E-state index in [1.165, 1.54) is 0 Å². The summed E-state index contributed by atoms with van der Waals surface area (Å²) in [5, 5.41) is 9.57. The molecule has 0 aliphatic carbocycles. The number of rotatable bonds is 6. The highest BCUT2D eigenvalue weighted by Gasteiger charge is 2.32. The summed E-state index contributed by atoms with van der Waals surface area (Å²) in [5.41, 5.74) is 2.20. The molecule has 29 heavy (non-hydrogen) atoms. The maximum absolute atomic E-state index is 13.4. The Morgan fingerprint density at radius 3 is 2.00 bits per heavy atom. The van der Waals surface area contributed by atoms with Gasteiger partial charge < -0.3 is 14.9 Å². The highest BCUT2D eigenvalue weighted by molar-refractivity contribution is 5.79. The number of carboxylic acid groups (broad SMARTS) is 1. The number of hydrogen-bond acceptors (Lipinski definition) is 3. The predicted octanol–water partition coefficient (Wildman–Crippen LogP) is 3.46. The summed E-state index contributed by atoms with van der Waals surface area (Å²) in [4.78, 5) is 28.9. The molecule has 1 aliphatic rings. The molecule has 1 aliphatic heterocycles. The topological polar surface area (TPSA) is 60.9 Å². The van der Waals surface area contributed by atoms with Crippen molar-refractivity contribution >= 4 is 11.9 Å². The monoisotopic (exact) mass is 394 g/mol. The molecule has 2 aromatic carbocycles. The van der Waals surface area contributed by atoms with Crippen LogP contribution in [0.1, 0.15) is 36.3 Å². The van der Waals surface area contributed by atoms with Crippen molar-refractivity contribution in [2.24, 2.45) is 5.92 Å². The number of carbonyl (C=O) groups excluding carboxylic acids is 1. The van der Waals surface area contributed by atoms with Crippen LogP contribution in [0.5, 0.6) is 0 Å². The number of hydrogen-bond donors (Lipinski definition) is 1. The van der Waals surface area contributed by atoms with Gasteiger partial charge in [-0.3, -0.25) is 9.59 Å². The summed E-state index contributed by atoms with van der Waals surface area (Å²) in [7, 11) is 3.98. The van der Waals surface area contributed by atoms with Crippen LogP contribution >= 0.6 is 0 Å². The standard InChI is InChI=1S/C24H30N2O3/c1-25(2)21-14-13-20(24(28)29)16-26(17-21)23(27)15-22(18-9-5-3-6-10-18)19-11-7-4-8-12-19/h3-12,20-22H,13-17H2,1-2H3,(H,28,29)/t20-,21+/m0/s1. The molecule has 0 spiro atoms. The minimum absolute atomic E-state index is 0.0164. The van der Waals surface area contributed by atoms with Crippen LogP contribution in [-0.4, -0.2) is 60.0 Å². The number of benzene rings is 2. The third kappa shape index (κ3) is 5.45. The fourth-order valence-electron chi connectivity index (χ4n) is 4.10. The molecule has 1 amide bonds. The lowest BCUT2D eigenvalue weighted by Crippen LogP contribution is -2.43. The lowest BCUT2D eigenvalue weighted by atomic mass is 9.88. The van der Waals surface area contributed by atoms with Crippen molar-refractivity contribution in [2.45, 2.75) is 31.2 Å². The van der Waals surface area contributed by atoms with Gasteiger partial charge in [0.25, 0.3) is 0 Å². The van der Waals surface area contributed by atoms with E-state index in [1.807, 2.05) is 50.5 Å². The van der Waals surface area contributed by atoms with Crippen LogP contribution in [0, 0.1) is 5.92 Å². The first-order valence-electron chi connectivity index (χ1n) is 10.2. The van der Waals surface area contributed by atoms with Gasteiger partial charge in [0.05, 0.1) is 5.92 Å². The Morgan fingerprint density at radius 1 is 0.966 bits per heavy atom. The van der Waals surface area contributed by atoms with Crippen LogP contribution in [0.4, 0.5) is 0 Å².